The molecule has 1 saturated carbocycles. The normalized spacial score (nSPS) is 14.9. The van der Waals surface area contributed by atoms with Crippen molar-refractivity contribution in [2.75, 3.05) is 14.2 Å². The molecule has 1 aliphatic rings. The quantitative estimate of drug-likeness (QED) is 0.454. The number of hydrogen-bond donors (Lipinski definition) is 1. The average Bonchev–Trinajstić information content (AvgIpc) is 3.58. The molecule has 1 fully saturated rings. The van der Waals surface area contributed by atoms with Crippen molar-refractivity contribution in [2.45, 2.75) is 50.7 Å². The van der Waals surface area contributed by atoms with E-state index in [2.05, 4.69) is 5.32 Å². The minimum Gasteiger partial charge on any atom is -0.493 e. The zero-order chi connectivity index (χ0) is 23.9. The molecule has 8 heteroatoms. The smallest absolute Gasteiger partial charge is 0.265 e. The summed E-state index contributed by atoms with van der Waals surface area (Å²) in [6.07, 6.45) is 6.83. The SMILES string of the molecule is COc1ccc(C(C(=O)NC2CCCCC2)N(Cc2ccco2)C(=O)c2cccs2)cc1OC. The molecular formula is C26H30N2O5S. The van der Waals surface area contributed by atoms with Crippen molar-refractivity contribution in [3.05, 3.63) is 70.3 Å². The lowest BCUT2D eigenvalue weighted by molar-refractivity contribution is -0.127. The summed E-state index contributed by atoms with van der Waals surface area (Å²) in [5.41, 5.74) is 0.641. The molecule has 0 spiro atoms. The van der Waals surface area contributed by atoms with Crippen LogP contribution in [-0.2, 0) is 11.3 Å². The van der Waals surface area contributed by atoms with Crippen LogP contribution >= 0.6 is 11.3 Å². The molecule has 2 heterocycles. The van der Waals surface area contributed by atoms with Crippen LogP contribution in [0.4, 0.5) is 0 Å². The number of hydrogen-bond acceptors (Lipinski definition) is 6. The second-order valence-corrected chi connectivity index (χ2v) is 9.30. The Morgan fingerprint density at radius 3 is 2.53 bits per heavy atom. The fraction of sp³-hybridized carbons (Fsp3) is 0.385. The van der Waals surface area contributed by atoms with Crippen LogP contribution in [0.15, 0.2) is 58.5 Å². The van der Waals surface area contributed by atoms with Gasteiger partial charge in [0.1, 0.15) is 11.8 Å². The number of carbonyl (C=O) groups excluding carboxylic acids is 2. The number of nitrogens with zero attached hydrogens (tertiary/aromatic N) is 1. The van der Waals surface area contributed by atoms with Crippen molar-refractivity contribution in [3.63, 3.8) is 0 Å². The van der Waals surface area contributed by atoms with Gasteiger partial charge in [-0.2, -0.15) is 0 Å². The number of furan rings is 1. The molecule has 1 N–H and O–H groups in total. The minimum atomic E-state index is -0.874. The fourth-order valence-electron chi connectivity index (χ4n) is 4.42. The maximum absolute atomic E-state index is 13.8. The molecule has 7 nitrogen and oxygen atoms in total. The van der Waals surface area contributed by atoms with Gasteiger partial charge in [-0.1, -0.05) is 31.4 Å². The van der Waals surface area contributed by atoms with E-state index in [-0.39, 0.29) is 24.4 Å². The first-order valence-corrected chi connectivity index (χ1v) is 12.4. The third-order valence-corrected chi connectivity index (χ3v) is 6.99. The average molecular weight is 483 g/mol. The first kappa shape index (κ1) is 23.9. The molecule has 2 amide bonds. The van der Waals surface area contributed by atoms with Gasteiger partial charge in [-0.05, 0) is 54.1 Å². The van der Waals surface area contributed by atoms with Crippen LogP contribution in [0.2, 0.25) is 0 Å². The topological polar surface area (TPSA) is 81.0 Å². The minimum absolute atomic E-state index is 0.103. The highest BCUT2D eigenvalue weighted by molar-refractivity contribution is 7.12. The van der Waals surface area contributed by atoms with Crippen LogP contribution in [-0.4, -0.2) is 37.0 Å². The van der Waals surface area contributed by atoms with Gasteiger partial charge in [0, 0.05) is 6.04 Å². The van der Waals surface area contributed by atoms with Crippen LogP contribution < -0.4 is 14.8 Å². The molecule has 0 aliphatic heterocycles. The van der Waals surface area contributed by atoms with Crippen molar-refractivity contribution in [2.24, 2.45) is 0 Å². The number of thiophene rings is 1. The molecule has 0 radical (unpaired) electrons. The van der Waals surface area contributed by atoms with Gasteiger partial charge in [0.05, 0.1) is 31.9 Å². The van der Waals surface area contributed by atoms with Crippen molar-refractivity contribution >= 4 is 23.2 Å². The molecule has 1 aliphatic carbocycles. The lowest BCUT2D eigenvalue weighted by atomic mass is 9.94. The van der Waals surface area contributed by atoms with E-state index in [9.17, 15) is 9.59 Å². The first-order chi connectivity index (χ1) is 16.6. The van der Waals surface area contributed by atoms with E-state index < -0.39 is 6.04 Å². The number of ether oxygens (including phenoxy) is 2. The molecule has 0 bridgehead atoms. The lowest BCUT2D eigenvalue weighted by Crippen LogP contribution is -2.46. The largest absolute Gasteiger partial charge is 0.493 e. The van der Waals surface area contributed by atoms with Crippen molar-refractivity contribution in [3.8, 4) is 11.5 Å². The number of rotatable bonds is 9. The number of carbonyl (C=O) groups is 2. The van der Waals surface area contributed by atoms with Gasteiger partial charge in [0.25, 0.3) is 5.91 Å². The van der Waals surface area contributed by atoms with Crippen LogP contribution in [0.5, 0.6) is 11.5 Å². The van der Waals surface area contributed by atoms with Gasteiger partial charge >= 0.3 is 0 Å². The van der Waals surface area contributed by atoms with E-state index >= 15 is 0 Å². The van der Waals surface area contributed by atoms with Crippen molar-refractivity contribution in [1.29, 1.82) is 0 Å². The van der Waals surface area contributed by atoms with Crippen molar-refractivity contribution < 1.29 is 23.5 Å². The molecule has 1 aromatic carbocycles. The summed E-state index contributed by atoms with van der Waals surface area (Å²) in [4.78, 5) is 29.6. The highest BCUT2D eigenvalue weighted by Gasteiger charge is 2.35. The Kier molecular flexibility index (Phi) is 7.90. The van der Waals surface area contributed by atoms with Crippen LogP contribution in [0.1, 0.15) is 59.1 Å². The molecule has 180 valence electrons. The van der Waals surface area contributed by atoms with E-state index in [0.29, 0.717) is 27.7 Å². The zero-order valence-corrected chi connectivity index (χ0v) is 20.3. The Hall–Kier alpha value is -3.26. The molecule has 3 aromatic rings. The maximum atomic E-state index is 13.8. The predicted molar refractivity (Wildman–Crippen MR) is 130 cm³/mol. The Labute approximate surface area is 203 Å². The Bertz CT molecular complexity index is 1070. The number of amides is 2. The van der Waals surface area contributed by atoms with Gasteiger partial charge in [-0.25, -0.2) is 0 Å². The monoisotopic (exact) mass is 482 g/mol. The van der Waals surface area contributed by atoms with Crippen molar-refractivity contribution in [1.82, 2.24) is 10.2 Å². The van der Waals surface area contributed by atoms with Crippen LogP contribution in [0, 0.1) is 0 Å². The lowest BCUT2D eigenvalue weighted by Gasteiger charge is -2.33. The first-order valence-electron chi connectivity index (χ1n) is 11.5. The zero-order valence-electron chi connectivity index (χ0n) is 19.5. The molecule has 34 heavy (non-hydrogen) atoms. The number of benzene rings is 1. The molecule has 1 unspecified atom stereocenters. The van der Waals surface area contributed by atoms with Crippen LogP contribution in [0.25, 0.3) is 0 Å². The summed E-state index contributed by atoms with van der Waals surface area (Å²) in [5, 5.41) is 5.06. The van der Waals surface area contributed by atoms with E-state index in [1.165, 1.54) is 17.8 Å². The van der Waals surface area contributed by atoms with Gasteiger partial charge in [0.15, 0.2) is 11.5 Å². The third-order valence-electron chi connectivity index (χ3n) is 6.13. The predicted octanol–water partition coefficient (Wildman–Crippen LogP) is 5.19. The molecule has 0 saturated heterocycles. The summed E-state index contributed by atoms with van der Waals surface area (Å²) in [6, 6.07) is 11.7. The second-order valence-electron chi connectivity index (χ2n) is 8.35. The Balaban J connectivity index is 1.75. The molecule has 4 rings (SSSR count). The Morgan fingerprint density at radius 2 is 1.88 bits per heavy atom. The summed E-state index contributed by atoms with van der Waals surface area (Å²) in [7, 11) is 3.12. The second kappa shape index (κ2) is 11.2. The van der Waals surface area contributed by atoms with Crippen LogP contribution in [0.3, 0.4) is 0 Å². The number of methoxy groups -OCH3 is 2. The van der Waals surface area contributed by atoms with E-state index in [4.69, 9.17) is 13.9 Å². The van der Waals surface area contributed by atoms with Gasteiger partial charge in [-0.15, -0.1) is 11.3 Å². The third kappa shape index (κ3) is 5.44. The summed E-state index contributed by atoms with van der Waals surface area (Å²) < 4.78 is 16.4. The van der Waals surface area contributed by atoms with E-state index in [1.807, 2.05) is 17.5 Å². The molecular weight excluding hydrogens is 452 g/mol. The molecule has 2 aromatic heterocycles. The van der Waals surface area contributed by atoms with Gasteiger partial charge in [-0.3, -0.25) is 9.59 Å². The highest BCUT2D eigenvalue weighted by Crippen LogP contribution is 2.34. The Morgan fingerprint density at radius 1 is 1.09 bits per heavy atom. The summed E-state index contributed by atoms with van der Waals surface area (Å²) in [6.45, 7) is 0.154. The fourth-order valence-corrected chi connectivity index (χ4v) is 5.09. The highest BCUT2D eigenvalue weighted by atomic mass is 32.1. The number of nitrogens with one attached hydrogen (secondary N) is 1. The van der Waals surface area contributed by atoms with Gasteiger partial charge in [0.2, 0.25) is 5.91 Å². The van der Waals surface area contributed by atoms with E-state index in [0.717, 1.165) is 25.7 Å². The summed E-state index contributed by atoms with van der Waals surface area (Å²) in [5.74, 6) is 1.21. The molecule has 1 atom stereocenters. The standard InChI is InChI=1S/C26H30N2O5S/c1-31-21-13-12-18(16-22(21)32-2)24(25(29)27-19-8-4-3-5-9-19)28(17-20-10-6-14-33-20)26(30)23-11-7-15-34-23/h6-7,10-16,19,24H,3-5,8-9,17H2,1-2H3,(H,27,29). The maximum Gasteiger partial charge on any atom is 0.265 e. The van der Waals surface area contributed by atoms with E-state index in [1.54, 1.807) is 55.7 Å². The van der Waals surface area contributed by atoms with Gasteiger partial charge < -0.3 is 24.1 Å². The summed E-state index contributed by atoms with van der Waals surface area (Å²) >= 11 is 1.35.